The Bertz CT molecular complexity index is 948. The molecule has 11 nitrogen and oxygen atoms in total. The van der Waals surface area contributed by atoms with Crippen molar-refractivity contribution in [2.45, 2.75) is 31.4 Å². The molecule has 162 valence electrons. The number of hydrogen-bond acceptors (Lipinski definition) is 10. The molecule has 3 aliphatic rings. The monoisotopic (exact) mass is 443 g/mol. The molecule has 1 amide bonds. The molecule has 0 aliphatic carbocycles. The van der Waals surface area contributed by atoms with Crippen LogP contribution >= 0.6 is 11.6 Å². The van der Waals surface area contributed by atoms with Gasteiger partial charge in [-0.1, -0.05) is 11.6 Å². The summed E-state index contributed by atoms with van der Waals surface area (Å²) in [6.07, 6.45) is 8.42. The summed E-state index contributed by atoms with van der Waals surface area (Å²) in [5.41, 5.74) is 5.42. The zero-order valence-electron chi connectivity index (χ0n) is 16.7. The molecule has 31 heavy (non-hydrogen) atoms. The minimum absolute atomic E-state index is 0.0476. The Hall–Kier alpha value is -3.18. The van der Waals surface area contributed by atoms with Crippen LogP contribution in [0.25, 0.3) is 0 Å². The fraction of sp³-hybridized carbons (Fsp3) is 0.421. The van der Waals surface area contributed by atoms with Crippen LogP contribution in [0.3, 0.4) is 0 Å². The molecule has 2 aromatic heterocycles. The van der Waals surface area contributed by atoms with Crippen molar-refractivity contribution in [2.75, 3.05) is 29.5 Å². The van der Waals surface area contributed by atoms with Gasteiger partial charge in [-0.2, -0.15) is 5.10 Å². The Balaban J connectivity index is 1.15. The van der Waals surface area contributed by atoms with E-state index in [0.29, 0.717) is 29.7 Å². The number of amides is 1. The van der Waals surface area contributed by atoms with Gasteiger partial charge in [0.2, 0.25) is 0 Å². The van der Waals surface area contributed by atoms with Gasteiger partial charge in [-0.15, -0.1) is 5.53 Å². The van der Waals surface area contributed by atoms with Crippen molar-refractivity contribution in [1.82, 2.24) is 30.9 Å². The van der Waals surface area contributed by atoms with Crippen LogP contribution in [0.15, 0.2) is 35.8 Å². The fourth-order valence-electron chi connectivity index (χ4n) is 4.09. The molecule has 0 spiro atoms. The van der Waals surface area contributed by atoms with Gasteiger partial charge in [-0.25, -0.2) is 25.5 Å². The summed E-state index contributed by atoms with van der Waals surface area (Å²) in [4.78, 5) is 29.9. The standard InChI is InChI=1S/C19H22ClN9O2/c20-16-10-23-18(11-21-16)27-6-3-13(4-7-27)28-8-5-15(19(28)30)31-14-1-2-17(22-9-14)29-12-24-25-26-29/h1-2,9-13,15,25-26H,3-8H2. The molecule has 1 unspecified atom stereocenters. The lowest BCUT2D eigenvalue weighted by atomic mass is 10.0. The number of nitrogens with one attached hydrogen (secondary N) is 2. The number of aromatic nitrogens is 3. The van der Waals surface area contributed by atoms with E-state index < -0.39 is 6.10 Å². The van der Waals surface area contributed by atoms with Gasteiger partial charge in [0.05, 0.1) is 18.6 Å². The SMILES string of the molecule is O=C1C(Oc2ccc(N3C=NNN3)nc2)CCN1C1CCN(c2cnc(Cl)cn2)CC1. The molecule has 5 rings (SSSR count). The van der Waals surface area contributed by atoms with Crippen molar-refractivity contribution >= 4 is 35.5 Å². The van der Waals surface area contributed by atoms with Crippen molar-refractivity contribution in [3.8, 4) is 5.75 Å². The topological polar surface area (TPSA) is 111 Å². The number of nitrogens with zero attached hydrogens (tertiary/aromatic N) is 7. The van der Waals surface area contributed by atoms with Crippen LogP contribution in [0.5, 0.6) is 5.75 Å². The molecule has 2 saturated heterocycles. The maximum atomic E-state index is 13.0. The molecule has 0 radical (unpaired) electrons. The first-order valence-corrected chi connectivity index (χ1v) is 10.5. The lowest BCUT2D eigenvalue weighted by molar-refractivity contribution is -0.135. The third-order valence-electron chi connectivity index (χ3n) is 5.68. The van der Waals surface area contributed by atoms with Crippen LogP contribution < -0.4 is 25.7 Å². The average molecular weight is 444 g/mol. The number of anilines is 2. The Morgan fingerprint density at radius 3 is 2.52 bits per heavy atom. The third kappa shape index (κ3) is 4.19. The summed E-state index contributed by atoms with van der Waals surface area (Å²) >= 11 is 5.82. The number of halogens is 1. The summed E-state index contributed by atoms with van der Waals surface area (Å²) in [6, 6.07) is 3.82. The molecule has 12 heteroatoms. The molecule has 2 N–H and O–H groups in total. The Morgan fingerprint density at radius 1 is 1.00 bits per heavy atom. The molecule has 2 fully saturated rings. The molecule has 3 aliphatic heterocycles. The first-order chi connectivity index (χ1) is 15.2. The highest BCUT2D eigenvalue weighted by Gasteiger charge is 2.38. The number of carbonyl (C=O) groups is 1. The van der Waals surface area contributed by atoms with E-state index in [1.807, 2.05) is 4.90 Å². The summed E-state index contributed by atoms with van der Waals surface area (Å²) < 4.78 is 5.94. The minimum atomic E-state index is -0.471. The fourth-order valence-corrected chi connectivity index (χ4v) is 4.18. The molecular formula is C19H22ClN9O2. The van der Waals surface area contributed by atoms with Crippen LogP contribution in [0, 0.1) is 0 Å². The van der Waals surface area contributed by atoms with Gasteiger partial charge in [0, 0.05) is 32.1 Å². The number of hydrazine groups is 2. The summed E-state index contributed by atoms with van der Waals surface area (Å²) in [7, 11) is 0. The number of likely N-dealkylation sites (tertiary alicyclic amines) is 1. The van der Waals surface area contributed by atoms with E-state index >= 15 is 0 Å². The zero-order chi connectivity index (χ0) is 21.2. The summed E-state index contributed by atoms with van der Waals surface area (Å²) in [5.74, 6) is 2.10. The zero-order valence-corrected chi connectivity index (χ0v) is 17.4. The minimum Gasteiger partial charge on any atom is -0.479 e. The number of hydrogen-bond donors (Lipinski definition) is 2. The van der Waals surface area contributed by atoms with Crippen molar-refractivity contribution in [1.29, 1.82) is 0 Å². The van der Waals surface area contributed by atoms with Gasteiger partial charge in [-0.3, -0.25) is 4.79 Å². The van der Waals surface area contributed by atoms with Crippen molar-refractivity contribution in [3.63, 3.8) is 0 Å². The van der Waals surface area contributed by atoms with Gasteiger partial charge < -0.3 is 14.5 Å². The van der Waals surface area contributed by atoms with E-state index in [1.54, 1.807) is 42.1 Å². The smallest absolute Gasteiger partial charge is 0.263 e. The first kappa shape index (κ1) is 19.8. The number of carbonyl (C=O) groups excluding carboxylic acids is 1. The van der Waals surface area contributed by atoms with Crippen LogP contribution in [0.1, 0.15) is 19.3 Å². The second-order valence-electron chi connectivity index (χ2n) is 7.53. The molecule has 0 bridgehead atoms. The van der Waals surface area contributed by atoms with Gasteiger partial charge in [0.25, 0.3) is 5.91 Å². The molecular weight excluding hydrogens is 422 g/mol. The number of hydrazone groups is 1. The predicted octanol–water partition coefficient (Wildman–Crippen LogP) is 0.946. The van der Waals surface area contributed by atoms with Crippen molar-refractivity contribution < 1.29 is 9.53 Å². The van der Waals surface area contributed by atoms with E-state index in [9.17, 15) is 4.79 Å². The molecule has 0 aromatic carbocycles. The Morgan fingerprint density at radius 2 is 1.84 bits per heavy atom. The highest BCUT2D eigenvalue weighted by molar-refractivity contribution is 6.29. The number of piperidine rings is 1. The van der Waals surface area contributed by atoms with E-state index in [0.717, 1.165) is 31.7 Å². The largest absolute Gasteiger partial charge is 0.479 e. The highest BCUT2D eigenvalue weighted by atomic mass is 35.5. The lowest BCUT2D eigenvalue weighted by Crippen LogP contribution is -2.47. The Labute approximate surface area is 184 Å². The van der Waals surface area contributed by atoms with E-state index in [1.165, 1.54) is 0 Å². The summed E-state index contributed by atoms with van der Waals surface area (Å²) in [6.45, 7) is 2.36. The first-order valence-electron chi connectivity index (χ1n) is 10.2. The highest BCUT2D eigenvalue weighted by Crippen LogP contribution is 2.27. The van der Waals surface area contributed by atoms with Crippen LogP contribution in [0.2, 0.25) is 5.15 Å². The number of ether oxygens (including phenoxy) is 1. The normalized spacial score (nSPS) is 21.6. The van der Waals surface area contributed by atoms with Gasteiger partial charge in [0.15, 0.2) is 6.10 Å². The second-order valence-corrected chi connectivity index (χ2v) is 7.92. The van der Waals surface area contributed by atoms with E-state index in [2.05, 4.69) is 36.0 Å². The predicted molar refractivity (Wildman–Crippen MR) is 115 cm³/mol. The molecule has 0 saturated carbocycles. The maximum absolute atomic E-state index is 13.0. The quantitative estimate of drug-likeness (QED) is 0.697. The second kappa shape index (κ2) is 8.52. The number of rotatable bonds is 5. The molecule has 2 aromatic rings. The average Bonchev–Trinajstić information content (AvgIpc) is 3.46. The third-order valence-corrected chi connectivity index (χ3v) is 5.88. The molecule has 5 heterocycles. The van der Waals surface area contributed by atoms with Gasteiger partial charge in [-0.05, 0) is 25.0 Å². The van der Waals surface area contributed by atoms with Crippen molar-refractivity contribution in [2.24, 2.45) is 5.10 Å². The van der Waals surface area contributed by atoms with Crippen molar-refractivity contribution in [3.05, 3.63) is 35.9 Å². The maximum Gasteiger partial charge on any atom is 0.263 e. The van der Waals surface area contributed by atoms with Gasteiger partial charge >= 0.3 is 0 Å². The summed E-state index contributed by atoms with van der Waals surface area (Å²) in [5, 5.41) is 5.86. The number of pyridine rings is 1. The molecule has 1 atom stereocenters. The van der Waals surface area contributed by atoms with Gasteiger partial charge in [0.1, 0.15) is 28.9 Å². The Kier molecular flexibility index (Phi) is 5.43. The van der Waals surface area contributed by atoms with Crippen LogP contribution in [-0.4, -0.2) is 63.9 Å². The van der Waals surface area contributed by atoms with E-state index in [4.69, 9.17) is 16.3 Å². The lowest BCUT2D eigenvalue weighted by Gasteiger charge is -2.37. The van der Waals surface area contributed by atoms with Crippen LogP contribution in [0.4, 0.5) is 11.6 Å². The van der Waals surface area contributed by atoms with Crippen LogP contribution in [-0.2, 0) is 4.79 Å². The van der Waals surface area contributed by atoms with E-state index in [-0.39, 0.29) is 11.9 Å².